The third kappa shape index (κ3) is 4.36. The molecule has 1 aliphatic heterocycles. The molecule has 30 heavy (non-hydrogen) atoms. The van der Waals surface area contributed by atoms with Crippen LogP contribution in [0.3, 0.4) is 0 Å². The smallest absolute Gasteiger partial charge is 0.407 e. The summed E-state index contributed by atoms with van der Waals surface area (Å²) in [5.41, 5.74) is 1.11. The number of aromatic nitrogens is 2. The van der Waals surface area contributed by atoms with Crippen LogP contribution in [0.1, 0.15) is 36.7 Å². The van der Waals surface area contributed by atoms with E-state index in [4.69, 9.17) is 0 Å². The molecule has 0 aliphatic carbocycles. The first-order chi connectivity index (χ1) is 13.8. The fourth-order valence-corrected chi connectivity index (χ4v) is 4.25. The summed E-state index contributed by atoms with van der Waals surface area (Å²) in [4.78, 5) is 25.0. The zero-order valence-electron chi connectivity index (χ0n) is 17.2. The molecule has 0 saturated carbocycles. The molecular formula is C20H25F3N4O3. The Balaban J connectivity index is 1.80. The Morgan fingerprint density at radius 3 is 2.50 bits per heavy atom. The zero-order valence-corrected chi connectivity index (χ0v) is 17.2. The molecule has 0 radical (unpaired) electrons. The van der Waals surface area contributed by atoms with Crippen molar-refractivity contribution in [2.24, 2.45) is 11.3 Å². The van der Waals surface area contributed by atoms with Gasteiger partial charge >= 0.3 is 12.3 Å². The topological polar surface area (TPSA) is 87.5 Å². The van der Waals surface area contributed by atoms with Crippen LogP contribution in [0.2, 0.25) is 0 Å². The van der Waals surface area contributed by atoms with Crippen LogP contribution < -0.4 is 5.32 Å². The van der Waals surface area contributed by atoms with Crippen LogP contribution in [-0.2, 0) is 6.54 Å². The van der Waals surface area contributed by atoms with Crippen molar-refractivity contribution in [1.82, 2.24) is 20.0 Å². The van der Waals surface area contributed by atoms with Gasteiger partial charge in [-0.3, -0.25) is 9.48 Å². The molecule has 1 aromatic carbocycles. The summed E-state index contributed by atoms with van der Waals surface area (Å²) in [7, 11) is 0. The second-order valence-electron chi connectivity index (χ2n) is 8.83. The van der Waals surface area contributed by atoms with Gasteiger partial charge in [0.1, 0.15) is 6.54 Å². The summed E-state index contributed by atoms with van der Waals surface area (Å²) in [6.45, 7) is 7.19. The largest absolute Gasteiger partial charge is 0.465 e. The van der Waals surface area contributed by atoms with Gasteiger partial charge in [0.25, 0.3) is 5.91 Å². The molecule has 0 bridgehead atoms. The van der Waals surface area contributed by atoms with E-state index in [-0.39, 0.29) is 22.9 Å². The van der Waals surface area contributed by atoms with E-state index in [0.717, 1.165) is 0 Å². The average Bonchev–Trinajstić information content (AvgIpc) is 2.97. The van der Waals surface area contributed by atoms with E-state index < -0.39 is 24.7 Å². The number of carboxylic acid groups (broad SMARTS) is 1. The predicted molar refractivity (Wildman–Crippen MR) is 104 cm³/mol. The van der Waals surface area contributed by atoms with Crippen LogP contribution in [0, 0.1) is 18.3 Å². The number of carbonyl (C=O) groups excluding carboxylic acids is 1. The Morgan fingerprint density at radius 2 is 1.93 bits per heavy atom. The maximum atomic E-state index is 12.4. The molecule has 0 spiro atoms. The summed E-state index contributed by atoms with van der Waals surface area (Å²) < 4.78 is 38.8. The maximum Gasteiger partial charge on any atom is 0.407 e. The molecule has 1 aromatic heterocycles. The Hall–Kier alpha value is -2.78. The van der Waals surface area contributed by atoms with Gasteiger partial charge < -0.3 is 15.3 Å². The first-order valence-electron chi connectivity index (χ1n) is 9.59. The lowest BCUT2D eigenvalue weighted by Gasteiger charge is -2.52. The fraction of sp³-hybridized carbons (Fsp3) is 0.550. The minimum absolute atomic E-state index is 0.0882. The van der Waals surface area contributed by atoms with Gasteiger partial charge in [-0.1, -0.05) is 20.8 Å². The van der Waals surface area contributed by atoms with E-state index in [1.165, 1.54) is 11.0 Å². The number of nitrogens with one attached hydrogen (secondary N) is 1. The third-order valence-corrected chi connectivity index (χ3v) is 5.47. The minimum Gasteiger partial charge on any atom is -0.465 e. The Labute approximate surface area is 171 Å². The van der Waals surface area contributed by atoms with Crippen molar-refractivity contribution in [2.75, 3.05) is 13.1 Å². The highest BCUT2D eigenvalue weighted by Crippen LogP contribution is 2.39. The highest BCUT2D eigenvalue weighted by atomic mass is 19.4. The molecule has 7 nitrogen and oxygen atoms in total. The summed E-state index contributed by atoms with van der Waals surface area (Å²) in [6, 6.07) is 2.92. The lowest BCUT2D eigenvalue weighted by molar-refractivity contribution is -0.123. The third-order valence-electron chi connectivity index (χ3n) is 5.47. The van der Waals surface area contributed by atoms with E-state index in [1.807, 2.05) is 26.1 Å². The highest BCUT2D eigenvalue weighted by molar-refractivity contribution is 6.00. The van der Waals surface area contributed by atoms with Gasteiger partial charge in [-0.15, -0.1) is 0 Å². The Morgan fingerprint density at radius 1 is 1.27 bits per heavy atom. The van der Waals surface area contributed by atoms with Crippen molar-refractivity contribution in [2.45, 2.75) is 46.5 Å². The first kappa shape index (κ1) is 21.9. The normalized spacial score (nSPS) is 19.6. The SMILES string of the molecule is Cc1c(C(=O)NCC(F)(F)F)ccc2nn(CC3CN(C(=O)O)C3C(C)(C)C)cc12. The number of hydrogen-bond donors (Lipinski definition) is 2. The maximum absolute atomic E-state index is 12.4. The number of fused-ring (bicyclic) bond motifs is 1. The van der Waals surface area contributed by atoms with Crippen molar-refractivity contribution < 1.29 is 27.9 Å². The number of rotatable bonds is 4. The summed E-state index contributed by atoms with van der Waals surface area (Å²) in [6.07, 6.45) is -3.66. The van der Waals surface area contributed by atoms with Crippen LogP contribution >= 0.6 is 0 Å². The van der Waals surface area contributed by atoms with E-state index in [1.54, 1.807) is 23.9 Å². The van der Waals surface area contributed by atoms with Gasteiger partial charge in [-0.25, -0.2) is 4.79 Å². The molecule has 1 aliphatic rings. The lowest BCUT2D eigenvalue weighted by Crippen LogP contribution is -2.64. The van der Waals surface area contributed by atoms with E-state index in [2.05, 4.69) is 5.10 Å². The quantitative estimate of drug-likeness (QED) is 0.781. The van der Waals surface area contributed by atoms with Crippen LogP contribution in [0.15, 0.2) is 18.3 Å². The van der Waals surface area contributed by atoms with Gasteiger partial charge in [0, 0.05) is 42.2 Å². The van der Waals surface area contributed by atoms with Crippen molar-refractivity contribution in [3.63, 3.8) is 0 Å². The van der Waals surface area contributed by atoms with E-state index in [0.29, 0.717) is 29.6 Å². The van der Waals surface area contributed by atoms with Gasteiger partial charge in [-0.05, 0) is 30.0 Å². The van der Waals surface area contributed by atoms with Crippen molar-refractivity contribution >= 4 is 22.9 Å². The summed E-state index contributed by atoms with van der Waals surface area (Å²) in [5.74, 6) is -0.700. The molecule has 1 fully saturated rings. The number of hydrogen-bond acceptors (Lipinski definition) is 3. The number of benzene rings is 1. The summed E-state index contributed by atoms with van der Waals surface area (Å²) >= 11 is 0. The molecule has 10 heteroatoms. The number of nitrogens with zero attached hydrogens (tertiary/aromatic N) is 3. The van der Waals surface area contributed by atoms with Crippen LogP contribution in [0.5, 0.6) is 0 Å². The molecule has 2 amide bonds. The zero-order chi connectivity index (χ0) is 22.4. The number of amides is 2. The highest BCUT2D eigenvalue weighted by Gasteiger charge is 2.48. The molecule has 3 rings (SSSR count). The van der Waals surface area contributed by atoms with Crippen LogP contribution in [0.4, 0.5) is 18.0 Å². The number of alkyl halides is 3. The first-order valence-corrected chi connectivity index (χ1v) is 9.59. The van der Waals surface area contributed by atoms with Gasteiger partial charge in [0.2, 0.25) is 0 Å². The predicted octanol–water partition coefficient (Wildman–Crippen LogP) is 3.66. The number of likely N-dealkylation sites (tertiary alicyclic amines) is 1. The summed E-state index contributed by atoms with van der Waals surface area (Å²) in [5, 5.41) is 16.4. The lowest BCUT2D eigenvalue weighted by atomic mass is 9.72. The molecule has 164 valence electrons. The number of aryl methyl sites for hydroxylation is 1. The Kier molecular flexibility index (Phi) is 5.46. The molecule has 1 saturated heterocycles. The van der Waals surface area contributed by atoms with Crippen molar-refractivity contribution in [3.05, 3.63) is 29.5 Å². The Bertz CT molecular complexity index is 978. The van der Waals surface area contributed by atoms with Crippen molar-refractivity contribution in [1.29, 1.82) is 0 Å². The van der Waals surface area contributed by atoms with Crippen LogP contribution in [0.25, 0.3) is 10.9 Å². The number of carbonyl (C=O) groups is 2. The van der Waals surface area contributed by atoms with Gasteiger partial charge in [0.05, 0.1) is 5.52 Å². The molecule has 2 aromatic rings. The molecule has 2 atom stereocenters. The van der Waals surface area contributed by atoms with Gasteiger partial charge in [-0.2, -0.15) is 18.3 Å². The molecule has 2 unspecified atom stereocenters. The molecular weight excluding hydrogens is 401 g/mol. The molecule has 2 N–H and O–H groups in total. The average molecular weight is 426 g/mol. The second kappa shape index (κ2) is 7.48. The fourth-order valence-electron chi connectivity index (χ4n) is 4.25. The van der Waals surface area contributed by atoms with E-state index >= 15 is 0 Å². The van der Waals surface area contributed by atoms with Crippen molar-refractivity contribution in [3.8, 4) is 0 Å². The van der Waals surface area contributed by atoms with Crippen LogP contribution in [-0.4, -0.2) is 57.1 Å². The monoisotopic (exact) mass is 426 g/mol. The van der Waals surface area contributed by atoms with Gasteiger partial charge in [0.15, 0.2) is 0 Å². The number of halogens is 3. The van der Waals surface area contributed by atoms with E-state index in [9.17, 15) is 27.9 Å². The standard InChI is InChI=1S/C20H25F3N4O3/c1-11-13(17(28)24-10-20(21,22)23)5-6-15-14(11)9-26(25-15)7-12-8-27(18(29)30)16(12)19(2,3)4/h5-6,9,12,16H,7-8,10H2,1-4H3,(H,24,28)(H,29,30). The second-order valence-corrected chi connectivity index (χ2v) is 8.83. The molecule has 2 heterocycles. The minimum atomic E-state index is -4.48.